The molecule has 0 aromatic carbocycles. The van der Waals surface area contributed by atoms with E-state index in [2.05, 4.69) is 0 Å². The quantitative estimate of drug-likeness (QED) is 0.761. The summed E-state index contributed by atoms with van der Waals surface area (Å²) in [5, 5.41) is 0. The Morgan fingerprint density at radius 3 is 2.00 bits per heavy atom. The zero-order valence-electron chi connectivity index (χ0n) is 8.77. The molecule has 0 aromatic rings. The van der Waals surface area contributed by atoms with E-state index in [0.717, 1.165) is 0 Å². The van der Waals surface area contributed by atoms with E-state index in [1.807, 2.05) is 0 Å². The molecule has 0 aliphatic carbocycles. The van der Waals surface area contributed by atoms with Gasteiger partial charge in [0.15, 0.2) is 6.10 Å². The topological polar surface area (TPSA) is 35.2 Å². The summed E-state index contributed by atoms with van der Waals surface area (Å²) in [6.07, 6.45) is -5.84. The van der Waals surface area contributed by atoms with Crippen LogP contribution in [-0.2, 0) is 4.74 Å². The summed E-state index contributed by atoms with van der Waals surface area (Å²) in [7, 11) is 0. The van der Waals surface area contributed by atoms with Crippen LogP contribution >= 0.6 is 0 Å². The zero-order valence-corrected chi connectivity index (χ0v) is 8.77. The van der Waals surface area contributed by atoms with Gasteiger partial charge in [0, 0.05) is 6.04 Å². The molecule has 0 saturated carbocycles. The van der Waals surface area contributed by atoms with Gasteiger partial charge >= 0.3 is 6.18 Å². The van der Waals surface area contributed by atoms with Gasteiger partial charge < -0.3 is 10.5 Å². The molecule has 0 aromatic heterocycles. The standard InChI is InChI=1S/C9H18F3NO/c1-4-6(3)14-8(7(13)5-2)9(10,11)12/h6-8H,4-5,13H2,1-3H3. The van der Waals surface area contributed by atoms with Gasteiger partial charge in [-0.05, 0) is 19.8 Å². The molecule has 0 fully saturated rings. The van der Waals surface area contributed by atoms with Gasteiger partial charge in [0.25, 0.3) is 0 Å². The minimum Gasteiger partial charge on any atom is -0.364 e. The van der Waals surface area contributed by atoms with Crippen molar-refractivity contribution < 1.29 is 17.9 Å². The highest BCUT2D eigenvalue weighted by atomic mass is 19.4. The van der Waals surface area contributed by atoms with Gasteiger partial charge in [0.1, 0.15) is 0 Å². The molecular weight excluding hydrogens is 195 g/mol. The van der Waals surface area contributed by atoms with E-state index in [0.29, 0.717) is 6.42 Å². The summed E-state index contributed by atoms with van der Waals surface area (Å²) in [5.74, 6) is 0. The Balaban J connectivity index is 4.41. The Morgan fingerprint density at radius 2 is 1.71 bits per heavy atom. The second kappa shape index (κ2) is 5.56. The lowest BCUT2D eigenvalue weighted by Gasteiger charge is -2.28. The van der Waals surface area contributed by atoms with E-state index in [4.69, 9.17) is 10.5 Å². The zero-order chi connectivity index (χ0) is 11.4. The van der Waals surface area contributed by atoms with Crippen molar-refractivity contribution in [1.29, 1.82) is 0 Å². The number of alkyl halides is 3. The van der Waals surface area contributed by atoms with Crippen LogP contribution in [0.1, 0.15) is 33.6 Å². The fourth-order valence-corrected chi connectivity index (χ4v) is 0.981. The number of rotatable bonds is 5. The molecule has 0 spiro atoms. The normalized spacial score (nSPS) is 19.1. The largest absolute Gasteiger partial charge is 0.416 e. The van der Waals surface area contributed by atoms with Crippen molar-refractivity contribution in [3.8, 4) is 0 Å². The molecule has 0 amide bonds. The third-order valence-corrected chi connectivity index (χ3v) is 2.14. The third kappa shape index (κ3) is 4.28. The monoisotopic (exact) mass is 213 g/mol. The van der Waals surface area contributed by atoms with Gasteiger partial charge in [-0.15, -0.1) is 0 Å². The van der Waals surface area contributed by atoms with Crippen LogP contribution in [0, 0.1) is 0 Å². The van der Waals surface area contributed by atoms with Gasteiger partial charge in [-0.25, -0.2) is 0 Å². The van der Waals surface area contributed by atoms with Crippen LogP contribution in [0.2, 0.25) is 0 Å². The van der Waals surface area contributed by atoms with Gasteiger partial charge in [-0.2, -0.15) is 13.2 Å². The number of hydrogen-bond acceptors (Lipinski definition) is 2. The van der Waals surface area contributed by atoms with Crippen molar-refractivity contribution >= 4 is 0 Å². The summed E-state index contributed by atoms with van der Waals surface area (Å²) < 4.78 is 42.2. The molecule has 86 valence electrons. The molecule has 14 heavy (non-hydrogen) atoms. The van der Waals surface area contributed by atoms with Crippen LogP contribution in [-0.4, -0.2) is 24.4 Å². The minimum atomic E-state index is -4.38. The van der Waals surface area contributed by atoms with Crippen LogP contribution in [0.4, 0.5) is 13.2 Å². The Bertz CT molecular complexity index is 161. The Labute approximate surface area is 82.6 Å². The molecule has 0 bridgehead atoms. The molecule has 0 rings (SSSR count). The molecular formula is C9H18F3NO. The summed E-state index contributed by atoms with van der Waals surface area (Å²) >= 11 is 0. The van der Waals surface area contributed by atoms with E-state index >= 15 is 0 Å². The summed E-state index contributed by atoms with van der Waals surface area (Å²) in [6, 6.07) is -0.982. The number of ether oxygens (including phenoxy) is 1. The van der Waals surface area contributed by atoms with Gasteiger partial charge in [0.05, 0.1) is 6.10 Å². The molecule has 0 aliphatic rings. The smallest absolute Gasteiger partial charge is 0.364 e. The second-order valence-electron chi connectivity index (χ2n) is 3.39. The highest BCUT2D eigenvalue weighted by Crippen LogP contribution is 2.27. The van der Waals surface area contributed by atoms with Crippen LogP contribution < -0.4 is 5.73 Å². The Kier molecular flexibility index (Phi) is 5.44. The third-order valence-electron chi connectivity index (χ3n) is 2.14. The maximum atomic E-state index is 12.4. The average Bonchev–Trinajstić information content (AvgIpc) is 2.10. The Hall–Kier alpha value is -0.290. The second-order valence-corrected chi connectivity index (χ2v) is 3.39. The van der Waals surface area contributed by atoms with Crippen molar-refractivity contribution in [3.05, 3.63) is 0 Å². The molecule has 3 atom stereocenters. The molecule has 2 nitrogen and oxygen atoms in total. The average molecular weight is 213 g/mol. The number of halogens is 3. The first kappa shape index (κ1) is 13.7. The minimum absolute atomic E-state index is 0.251. The molecule has 0 aliphatic heterocycles. The van der Waals surface area contributed by atoms with E-state index in [9.17, 15) is 13.2 Å². The van der Waals surface area contributed by atoms with Gasteiger partial charge in [-0.1, -0.05) is 13.8 Å². The number of hydrogen-bond donors (Lipinski definition) is 1. The van der Waals surface area contributed by atoms with Crippen molar-refractivity contribution in [2.24, 2.45) is 5.73 Å². The number of nitrogens with two attached hydrogens (primary N) is 1. The first-order chi connectivity index (χ1) is 6.32. The fourth-order valence-electron chi connectivity index (χ4n) is 0.981. The maximum absolute atomic E-state index is 12.4. The van der Waals surface area contributed by atoms with Gasteiger partial charge in [0.2, 0.25) is 0 Å². The van der Waals surface area contributed by atoms with Crippen LogP contribution in [0.3, 0.4) is 0 Å². The summed E-state index contributed by atoms with van der Waals surface area (Å²) in [4.78, 5) is 0. The van der Waals surface area contributed by atoms with Crippen molar-refractivity contribution in [3.63, 3.8) is 0 Å². The predicted molar refractivity (Wildman–Crippen MR) is 48.9 cm³/mol. The summed E-state index contributed by atoms with van der Waals surface area (Å²) in [5.41, 5.74) is 5.36. The van der Waals surface area contributed by atoms with Gasteiger partial charge in [-0.3, -0.25) is 0 Å². The van der Waals surface area contributed by atoms with Crippen molar-refractivity contribution in [2.75, 3.05) is 0 Å². The van der Waals surface area contributed by atoms with E-state index in [-0.39, 0.29) is 6.42 Å². The highest BCUT2D eigenvalue weighted by Gasteiger charge is 2.44. The van der Waals surface area contributed by atoms with E-state index in [1.165, 1.54) is 0 Å². The van der Waals surface area contributed by atoms with Crippen LogP contribution in [0.15, 0.2) is 0 Å². The SMILES string of the molecule is CCC(C)OC(C(N)CC)C(F)(F)F. The fraction of sp³-hybridized carbons (Fsp3) is 1.00. The highest BCUT2D eigenvalue weighted by molar-refractivity contribution is 4.79. The van der Waals surface area contributed by atoms with Crippen molar-refractivity contribution in [2.45, 2.75) is 58.0 Å². The molecule has 2 N–H and O–H groups in total. The van der Waals surface area contributed by atoms with E-state index in [1.54, 1.807) is 20.8 Å². The molecule has 5 heteroatoms. The lowest BCUT2D eigenvalue weighted by Crippen LogP contribution is -2.47. The molecule has 0 saturated heterocycles. The predicted octanol–water partition coefficient (Wildman–Crippen LogP) is 2.47. The first-order valence-corrected chi connectivity index (χ1v) is 4.80. The molecule has 0 radical (unpaired) electrons. The molecule has 0 heterocycles. The first-order valence-electron chi connectivity index (χ1n) is 4.80. The lowest BCUT2D eigenvalue weighted by molar-refractivity contribution is -0.237. The lowest BCUT2D eigenvalue weighted by atomic mass is 10.1. The van der Waals surface area contributed by atoms with E-state index < -0.39 is 24.4 Å². The maximum Gasteiger partial charge on any atom is 0.416 e. The van der Waals surface area contributed by atoms with Crippen LogP contribution in [0.25, 0.3) is 0 Å². The van der Waals surface area contributed by atoms with Crippen LogP contribution in [0.5, 0.6) is 0 Å². The van der Waals surface area contributed by atoms with Crippen molar-refractivity contribution in [1.82, 2.24) is 0 Å². The molecule has 3 unspecified atom stereocenters. The summed E-state index contributed by atoms with van der Waals surface area (Å²) in [6.45, 7) is 5.00. The Morgan fingerprint density at radius 1 is 1.21 bits per heavy atom.